The summed E-state index contributed by atoms with van der Waals surface area (Å²) in [6.07, 6.45) is 2.12. The van der Waals surface area contributed by atoms with Crippen LogP contribution in [-0.4, -0.2) is 27.4 Å². The van der Waals surface area contributed by atoms with Gasteiger partial charge in [0.2, 0.25) is 5.91 Å². The Morgan fingerprint density at radius 3 is 3.07 bits per heavy atom. The van der Waals surface area contributed by atoms with Crippen molar-refractivity contribution in [3.63, 3.8) is 0 Å². The molecule has 1 saturated heterocycles. The van der Waals surface area contributed by atoms with Crippen LogP contribution in [0, 0.1) is 0 Å². The number of halogens is 1. The van der Waals surface area contributed by atoms with Crippen LogP contribution in [-0.2, 0) is 11.4 Å². The Bertz CT molecular complexity index is 383. The summed E-state index contributed by atoms with van der Waals surface area (Å²) in [6.45, 7) is 0.517. The zero-order chi connectivity index (χ0) is 10.8. The molecule has 0 aliphatic carbocycles. The smallest absolute Gasteiger partial charge is 0.229 e. The molecule has 2 heterocycles. The van der Waals surface area contributed by atoms with E-state index in [2.05, 4.69) is 20.9 Å². The second-order valence-corrected chi connectivity index (χ2v) is 4.74. The molecule has 0 saturated carbocycles. The van der Waals surface area contributed by atoms with E-state index in [1.807, 2.05) is 0 Å². The van der Waals surface area contributed by atoms with Crippen molar-refractivity contribution in [3.8, 4) is 0 Å². The summed E-state index contributed by atoms with van der Waals surface area (Å²) < 4.78 is 0. The van der Waals surface area contributed by atoms with E-state index in [-0.39, 0.29) is 17.3 Å². The Balaban J connectivity index is 2.33. The van der Waals surface area contributed by atoms with Crippen LogP contribution < -0.4 is 4.90 Å². The number of rotatable bonds is 2. The molecule has 0 aromatic carbocycles. The molecule has 1 fully saturated rings. The van der Waals surface area contributed by atoms with Crippen molar-refractivity contribution in [2.75, 3.05) is 11.4 Å². The first-order chi connectivity index (χ1) is 7.22. The molecule has 4 nitrogen and oxygen atoms in total. The Morgan fingerprint density at radius 2 is 2.47 bits per heavy atom. The fourth-order valence-corrected chi connectivity index (χ4v) is 2.23. The molecule has 0 bridgehead atoms. The van der Waals surface area contributed by atoms with Gasteiger partial charge >= 0.3 is 0 Å². The summed E-state index contributed by atoms with van der Waals surface area (Å²) in [7, 11) is 0. The molecule has 5 heteroatoms. The highest BCUT2D eigenvalue weighted by molar-refractivity contribution is 9.09. The van der Waals surface area contributed by atoms with E-state index in [4.69, 9.17) is 5.11 Å². The summed E-state index contributed by atoms with van der Waals surface area (Å²) >= 11 is 3.41. The van der Waals surface area contributed by atoms with Crippen LogP contribution in [0.4, 0.5) is 5.82 Å². The zero-order valence-electron chi connectivity index (χ0n) is 8.06. The molecule has 2 rings (SSSR count). The number of carbonyl (C=O) groups is 1. The normalized spacial score (nSPS) is 21.1. The molecule has 80 valence electrons. The fourth-order valence-electron chi connectivity index (χ4n) is 1.67. The number of carbonyl (C=O) groups excluding carboxylic acids is 1. The molecule has 1 aromatic heterocycles. The lowest BCUT2D eigenvalue weighted by Gasteiger charge is -2.17. The monoisotopic (exact) mass is 270 g/mol. The van der Waals surface area contributed by atoms with Crippen LogP contribution in [0.2, 0.25) is 0 Å². The van der Waals surface area contributed by atoms with Gasteiger partial charge < -0.3 is 5.11 Å². The third-order valence-electron chi connectivity index (χ3n) is 2.37. The number of hydrogen-bond donors (Lipinski definition) is 1. The second-order valence-electron chi connectivity index (χ2n) is 3.45. The number of aliphatic hydroxyl groups is 1. The molecule has 0 spiro atoms. The summed E-state index contributed by atoms with van der Waals surface area (Å²) in [5.41, 5.74) is 0.687. The number of hydrogen-bond acceptors (Lipinski definition) is 3. The zero-order valence-corrected chi connectivity index (χ0v) is 9.64. The number of amides is 1. The van der Waals surface area contributed by atoms with Gasteiger partial charge in [-0.2, -0.15) is 0 Å². The minimum absolute atomic E-state index is 0.0466. The standard InChI is InChI=1S/C10H11BrN2O2/c11-8-4-9(15)13(5-8)10-7(6-14)2-1-3-12-10/h1-3,8,14H,4-6H2. The Kier molecular flexibility index (Phi) is 3.02. The first-order valence-corrected chi connectivity index (χ1v) is 5.63. The van der Waals surface area contributed by atoms with E-state index in [1.54, 1.807) is 23.2 Å². The third kappa shape index (κ3) is 2.03. The van der Waals surface area contributed by atoms with Crippen molar-refractivity contribution in [2.24, 2.45) is 0 Å². The van der Waals surface area contributed by atoms with Crippen LogP contribution in [0.1, 0.15) is 12.0 Å². The molecule has 1 aromatic rings. The maximum Gasteiger partial charge on any atom is 0.229 e. The minimum atomic E-state index is -0.0973. The van der Waals surface area contributed by atoms with E-state index in [1.165, 1.54) is 0 Å². The topological polar surface area (TPSA) is 53.4 Å². The largest absolute Gasteiger partial charge is 0.392 e. The number of aliphatic hydroxyl groups excluding tert-OH is 1. The van der Waals surface area contributed by atoms with Crippen LogP contribution in [0.15, 0.2) is 18.3 Å². The van der Waals surface area contributed by atoms with Crippen molar-refractivity contribution in [1.82, 2.24) is 4.98 Å². The van der Waals surface area contributed by atoms with Crippen molar-refractivity contribution in [1.29, 1.82) is 0 Å². The number of alkyl halides is 1. The Morgan fingerprint density at radius 1 is 1.67 bits per heavy atom. The van der Waals surface area contributed by atoms with Gasteiger partial charge in [0.05, 0.1) is 6.61 Å². The Hall–Kier alpha value is -0.940. The number of anilines is 1. The summed E-state index contributed by atoms with van der Waals surface area (Å²) in [6, 6.07) is 3.53. The highest BCUT2D eigenvalue weighted by Gasteiger charge is 2.30. The van der Waals surface area contributed by atoms with Gasteiger partial charge in [0.15, 0.2) is 0 Å². The fraction of sp³-hybridized carbons (Fsp3) is 0.400. The van der Waals surface area contributed by atoms with E-state index >= 15 is 0 Å². The van der Waals surface area contributed by atoms with Crippen LogP contribution in [0.25, 0.3) is 0 Å². The highest BCUT2D eigenvalue weighted by Crippen LogP contribution is 2.26. The van der Waals surface area contributed by atoms with Gasteiger partial charge in [0.1, 0.15) is 5.82 Å². The Labute approximate surface area is 96.1 Å². The molecule has 1 aliphatic heterocycles. The second kappa shape index (κ2) is 4.28. The average molecular weight is 271 g/mol. The van der Waals surface area contributed by atoms with Gasteiger partial charge in [-0.15, -0.1) is 0 Å². The first kappa shape index (κ1) is 10.6. The van der Waals surface area contributed by atoms with Gasteiger partial charge in [0, 0.05) is 29.6 Å². The molecular weight excluding hydrogens is 260 g/mol. The lowest BCUT2D eigenvalue weighted by atomic mass is 10.2. The summed E-state index contributed by atoms with van der Waals surface area (Å²) in [5, 5.41) is 9.14. The van der Waals surface area contributed by atoms with Crippen molar-refractivity contribution in [2.45, 2.75) is 17.9 Å². The molecule has 1 amide bonds. The molecule has 1 aliphatic rings. The van der Waals surface area contributed by atoms with Crippen LogP contribution in [0.3, 0.4) is 0 Å². The molecule has 1 N–H and O–H groups in total. The van der Waals surface area contributed by atoms with Gasteiger partial charge in [-0.1, -0.05) is 22.0 Å². The maximum atomic E-state index is 11.6. The highest BCUT2D eigenvalue weighted by atomic mass is 79.9. The van der Waals surface area contributed by atoms with Crippen molar-refractivity contribution < 1.29 is 9.90 Å². The quantitative estimate of drug-likeness (QED) is 0.819. The van der Waals surface area contributed by atoms with E-state index < -0.39 is 0 Å². The number of pyridine rings is 1. The van der Waals surface area contributed by atoms with Gasteiger partial charge in [-0.05, 0) is 6.07 Å². The van der Waals surface area contributed by atoms with Crippen LogP contribution >= 0.6 is 15.9 Å². The van der Waals surface area contributed by atoms with E-state index in [9.17, 15) is 4.79 Å². The molecule has 1 unspecified atom stereocenters. The lowest BCUT2D eigenvalue weighted by Crippen LogP contribution is -2.26. The van der Waals surface area contributed by atoms with Gasteiger partial charge in [-0.3, -0.25) is 9.69 Å². The van der Waals surface area contributed by atoms with E-state index in [0.717, 1.165) is 0 Å². The summed E-state index contributed by atoms with van der Waals surface area (Å²) in [5.74, 6) is 0.622. The van der Waals surface area contributed by atoms with Gasteiger partial charge in [0.25, 0.3) is 0 Å². The van der Waals surface area contributed by atoms with Crippen molar-refractivity contribution >= 4 is 27.7 Å². The van der Waals surface area contributed by atoms with Gasteiger partial charge in [-0.25, -0.2) is 4.98 Å². The SMILES string of the molecule is O=C1CC(Br)CN1c1ncccc1CO. The third-order valence-corrected chi connectivity index (χ3v) is 2.98. The predicted molar refractivity (Wildman–Crippen MR) is 59.8 cm³/mol. The molecule has 0 radical (unpaired) electrons. The number of aromatic nitrogens is 1. The first-order valence-electron chi connectivity index (χ1n) is 4.71. The lowest BCUT2D eigenvalue weighted by molar-refractivity contribution is -0.117. The molecule has 15 heavy (non-hydrogen) atoms. The summed E-state index contributed by atoms with van der Waals surface area (Å²) in [4.78, 5) is 17.6. The van der Waals surface area contributed by atoms with Crippen molar-refractivity contribution in [3.05, 3.63) is 23.9 Å². The maximum absolute atomic E-state index is 11.6. The predicted octanol–water partition coefficient (Wildman–Crippen LogP) is 1.07. The van der Waals surface area contributed by atoms with E-state index in [0.29, 0.717) is 24.3 Å². The average Bonchev–Trinajstić information content (AvgIpc) is 2.57. The molecule has 1 atom stereocenters. The molecular formula is C10H11BrN2O2. The number of nitrogens with zero attached hydrogens (tertiary/aromatic N) is 2. The minimum Gasteiger partial charge on any atom is -0.392 e. The van der Waals surface area contributed by atoms with Crippen LogP contribution in [0.5, 0.6) is 0 Å².